The van der Waals surface area contributed by atoms with Crippen LogP contribution >= 0.6 is 12.4 Å². The molecule has 3 atom stereocenters. The fourth-order valence-corrected chi connectivity index (χ4v) is 4.01. The van der Waals surface area contributed by atoms with Gasteiger partial charge in [0.05, 0.1) is 24.4 Å². The van der Waals surface area contributed by atoms with E-state index in [2.05, 4.69) is 49.5 Å². The lowest BCUT2D eigenvalue weighted by Gasteiger charge is -2.47. The largest absolute Gasteiger partial charge is 0.370 e. The maximum absolute atomic E-state index is 6.32. The van der Waals surface area contributed by atoms with Gasteiger partial charge in [-0.25, -0.2) is 0 Å². The lowest BCUT2D eigenvalue weighted by molar-refractivity contribution is -0.238. The fourth-order valence-electron chi connectivity index (χ4n) is 4.01. The van der Waals surface area contributed by atoms with Crippen LogP contribution in [0.1, 0.15) is 51.5 Å². The van der Waals surface area contributed by atoms with Crippen LogP contribution in [0.25, 0.3) is 0 Å². The summed E-state index contributed by atoms with van der Waals surface area (Å²) in [6.07, 6.45) is 7.68. The Morgan fingerprint density at radius 2 is 1.88 bits per heavy atom. The van der Waals surface area contributed by atoms with Crippen LogP contribution in [0, 0.1) is 0 Å². The van der Waals surface area contributed by atoms with E-state index >= 15 is 0 Å². The first-order chi connectivity index (χ1) is 11.2. The number of benzene rings is 1. The van der Waals surface area contributed by atoms with E-state index in [1.165, 1.54) is 37.7 Å². The normalized spacial score (nSPS) is 27.4. The average Bonchev–Trinajstić information content (AvgIpc) is 2.58. The number of ether oxygens (including phenoxy) is 2. The van der Waals surface area contributed by atoms with Crippen LogP contribution in [-0.4, -0.2) is 37.0 Å². The van der Waals surface area contributed by atoms with Crippen LogP contribution in [0.5, 0.6) is 0 Å². The first-order valence-electron chi connectivity index (χ1n) is 9.25. The third-order valence-corrected chi connectivity index (χ3v) is 5.47. The van der Waals surface area contributed by atoms with Gasteiger partial charge in [0.25, 0.3) is 0 Å². The van der Waals surface area contributed by atoms with Gasteiger partial charge in [0.2, 0.25) is 0 Å². The highest BCUT2D eigenvalue weighted by Crippen LogP contribution is 2.38. The highest BCUT2D eigenvalue weighted by atomic mass is 35.5. The second-order valence-electron chi connectivity index (χ2n) is 7.34. The fraction of sp³-hybridized carbons (Fsp3) is 0.700. The topological polar surface area (TPSA) is 30.5 Å². The Balaban J connectivity index is 0.00000208. The molecule has 1 spiro atoms. The molecular weight excluding hydrogens is 322 g/mol. The molecule has 136 valence electrons. The van der Waals surface area contributed by atoms with Gasteiger partial charge in [-0.2, -0.15) is 0 Å². The zero-order chi connectivity index (χ0) is 16.1. The summed E-state index contributed by atoms with van der Waals surface area (Å²) in [5, 5.41) is 3.61. The summed E-state index contributed by atoms with van der Waals surface area (Å²) in [4.78, 5) is 0. The third kappa shape index (κ3) is 4.95. The first kappa shape index (κ1) is 19.7. The molecule has 0 aromatic heterocycles. The summed E-state index contributed by atoms with van der Waals surface area (Å²) in [7, 11) is 0. The van der Waals surface area contributed by atoms with E-state index in [1.54, 1.807) is 0 Å². The minimum Gasteiger partial charge on any atom is -0.370 e. The second kappa shape index (κ2) is 9.19. The molecule has 1 aliphatic heterocycles. The summed E-state index contributed by atoms with van der Waals surface area (Å²) in [6.45, 7) is 6.04. The van der Waals surface area contributed by atoms with Gasteiger partial charge in [-0.15, -0.1) is 12.4 Å². The molecule has 1 saturated heterocycles. The molecule has 0 amide bonds. The van der Waals surface area contributed by atoms with Gasteiger partial charge in [0.15, 0.2) is 0 Å². The molecule has 3 rings (SSSR count). The number of rotatable bonds is 5. The first-order valence-corrected chi connectivity index (χ1v) is 9.25. The molecule has 24 heavy (non-hydrogen) atoms. The highest BCUT2D eigenvalue weighted by molar-refractivity contribution is 5.85. The van der Waals surface area contributed by atoms with Crippen molar-refractivity contribution in [3.63, 3.8) is 0 Å². The minimum atomic E-state index is 0. The molecule has 1 aromatic rings. The van der Waals surface area contributed by atoms with Gasteiger partial charge in [0, 0.05) is 12.6 Å². The van der Waals surface area contributed by atoms with Gasteiger partial charge in [0.1, 0.15) is 0 Å². The van der Waals surface area contributed by atoms with Crippen molar-refractivity contribution < 1.29 is 9.47 Å². The summed E-state index contributed by atoms with van der Waals surface area (Å²) in [5.41, 5.74) is 1.38. The number of hydrogen-bond acceptors (Lipinski definition) is 3. The van der Waals surface area contributed by atoms with E-state index in [-0.39, 0.29) is 30.2 Å². The van der Waals surface area contributed by atoms with Crippen LogP contribution in [0.2, 0.25) is 0 Å². The van der Waals surface area contributed by atoms with Gasteiger partial charge < -0.3 is 14.8 Å². The van der Waals surface area contributed by atoms with Gasteiger partial charge in [-0.05, 0) is 38.7 Å². The molecule has 1 aliphatic carbocycles. The van der Waals surface area contributed by atoms with Crippen molar-refractivity contribution in [1.82, 2.24) is 5.32 Å². The molecule has 2 fully saturated rings. The Labute approximate surface area is 152 Å². The van der Waals surface area contributed by atoms with Gasteiger partial charge in [-0.1, -0.05) is 49.6 Å². The summed E-state index contributed by atoms with van der Waals surface area (Å²) in [5.74, 6) is 0. The van der Waals surface area contributed by atoms with E-state index in [0.29, 0.717) is 6.04 Å². The molecule has 0 bridgehead atoms. The van der Waals surface area contributed by atoms with Crippen molar-refractivity contribution in [2.45, 2.75) is 76.2 Å². The Morgan fingerprint density at radius 3 is 2.54 bits per heavy atom. The minimum absolute atomic E-state index is 0. The highest BCUT2D eigenvalue weighted by Gasteiger charge is 2.43. The molecule has 2 aliphatic rings. The van der Waals surface area contributed by atoms with E-state index < -0.39 is 0 Å². The van der Waals surface area contributed by atoms with Crippen molar-refractivity contribution >= 4 is 12.4 Å². The molecule has 1 heterocycles. The van der Waals surface area contributed by atoms with Crippen molar-refractivity contribution in [1.29, 1.82) is 0 Å². The smallest absolute Gasteiger partial charge is 0.0941 e. The van der Waals surface area contributed by atoms with Crippen molar-refractivity contribution in [3.8, 4) is 0 Å². The average molecular weight is 354 g/mol. The standard InChI is InChI=1S/C20H31NO2.ClH/c1-16(13-18-9-5-3-6-10-18)21-14-19-15-22-20(17(2)23-19)11-7-4-8-12-20;/h3,5-6,9-10,16-17,19,21H,4,7-8,11-15H2,1-2H3;1H. The number of nitrogens with one attached hydrogen (secondary N) is 1. The second-order valence-corrected chi connectivity index (χ2v) is 7.34. The zero-order valence-corrected chi connectivity index (χ0v) is 15.8. The zero-order valence-electron chi connectivity index (χ0n) is 15.0. The maximum atomic E-state index is 6.32. The summed E-state index contributed by atoms with van der Waals surface area (Å²) >= 11 is 0. The van der Waals surface area contributed by atoms with Gasteiger partial charge in [-0.3, -0.25) is 0 Å². The van der Waals surface area contributed by atoms with Crippen molar-refractivity contribution in [2.24, 2.45) is 0 Å². The quantitative estimate of drug-likeness (QED) is 0.863. The summed E-state index contributed by atoms with van der Waals surface area (Å²) < 4.78 is 12.6. The van der Waals surface area contributed by atoms with Crippen LogP contribution in [-0.2, 0) is 15.9 Å². The van der Waals surface area contributed by atoms with Crippen molar-refractivity contribution in [3.05, 3.63) is 35.9 Å². The third-order valence-electron chi connectivity index (χ3n) is 5.47. The Bertz CT molecular complexity index is 476. The molecule has 1 aromatic carbocycles. The van der Waals surface area contributed by atoms with Crippen LogP contribution < -0.4 is 5.32 Å². The number of hydrogen-bond donors (Lipinski definition) is 1. The molecule has 1 N–H and O–H groups in total. The Hall–Kier alpha value is -0.610. The van der Waals surface area contributed by atoms with E-state index in [0.717, 1.165) is 19.6 Å². The predicted molar refractivity (Wildman–Crippen MR) is 101 cm³/mol. The lowest BCUT2D eigenvalue weighted by Crippen LogP contribution is -2.55. The van der Waals surface area contributed by atoms with E-state index in [4.69, 9.17) is 9.47 Å². The Kier molecular flexibility index (Phi) is 7.55. The predicted octanol–water partition coefficient (Wildman–Crippen LogP) is 4.14. The van der Waals surface area contributed by atoms with Crippen LogP contribution in [0.3, 0.4) is 0 Å². The van der Waals surface area contributed by atoms with Crippen LogP contribution in [0.15, 0.2) is 30.3 Å². The van der Waals surface area contributed by atoms with Crippen LogP contribution in [0.4, 0.5) is 0 Å². The molecule has 3 nitrogen and oxygen atoms in total. The molecule has 1 saturated carbocycles. The molecule has 4 heteroatoms. The van der Waals surface area contributed by atoms with E-state index in [9.17, 15) is 0 Å². The number of halogens is 1. The lowest BCUT2D eigenvalue weighted by atomic mass is 9.80. The monoisotopic (exact) mass is 353 g/mol. The SMILES string of the molecule is CC(Cc1ccccc1)NCC1COC2(CCCCC2)C(C)O1.Cl. The van der Waals surface area contributed by atoms with E-state index in [1.807, 2.05) is 0 Å². The maximum Gasteiger partial charge on any atom is 0.0941 e. The Morgan fingerprint density at radius 1 is 1.17 bits per heavy atom. The van der Waals surface area contributed by atoms with Crippen molar-refractivity contribution in [2.75, 3.05) is 13.2 Å². The molecule has 0 radical (unpaired) electrons. The molecule has 3 unspecified atom stereocenters. The van der Waals surface area contributed by atoms with Gasteiger partial charge >= 0.3 is 0 Å². The summed E-state index contributed by atoms with van der Waals surface area (Å²) in [6, 6.07) is 11.1. The molecular formula is C20H32ClNO2.